The van der Waals surface area contributed by atoms with E-state index in [2.05, 4.69) is 18.9 Å². The quantitative estimate of drug-likeness (QED) is 0.845. The van der Waals surface area contributed by atoms with Crippen LogP contribution >= 0.6 is 23.4 Å². The molecule has 2 N–H and O–H groups in total. The predicted molar refractivity (Wildman–Crippen MR) is 59.2 cm³/mol. The van der Waals surface area contributed by atoms with E-state index in [0.29, 0.717) is 16.1 Å². The normalized spacial score (nSPS) is 11.1. The van der Waals surface area contributed by atoms with Crippen LogP contribution in [0.3, 0.4) is 0 Å². The molecule has 0 saturated carbocycles. The van der Waals surface area contributed by atoms with Crippen molar-refractivity contribution < 1.29 is 0 Å². The molecule has 0 fully saturated rings. The van der Waals surface area contributed by atoms with Gasteiger partial charge in [-0.05, 0) is 5.25 Å². The summed E-state index contributed by atoms with van der Waals surface area (Å²) in [6.45, 7) is 5.21. The number of nitrogens with two attached hydrogens (primary N) is 1. The second kappa shape index (κ2) is 4.77. The van der Waals surface area contributed by atoms with Gasteiger partial charge in [0.2, 0.25) is 0 Å². The van der Waals surface area contributed by atoms with Crippen LogP contribution < -0.4 is 5.73 Å². The largest absolute Gasteiger partial charge is 0.381 e. The molecule has 1 heterocycles. The number of anilines is 1. The lowest BCUT2D eigenvalue weighted by Crippen LogP contribution is -2.03. The van der Waals surface area contributed by atoms with Gasteiger partial charge < -0.3 is 5.73 Å². The van der Waals surface area contributed by atoms with Crippen molar-refractivity contribution in [2.75, 3.05) is 11.5 Å². The summed E-state index contributed by atoms with van der Waals surface area (Å²) < 4.78 is 1.78. The highest BCUT2D eigenvalue weighted by Gasteiger charge is 2.02. The first kappa shape index (κ1) is 10.7. The maximum atomic E-state index is 5.76. The van der Waals surface area contributed by atoms with Crippen LogP contribution in [0.15, 0.2) is 6.20 Å². The van der Waals surface area contributed by atoms with Crippen LogP contribution in [0.4, 0.5) is 5.82 Å². The van der Waals surface area contributed by atoms with Gasteiger partial charge in [-0.15, -0.1) is 0 Å². The number of halogens is 1. The lowest BCUT2D eigenvalue weighted by molar-refractivity contribution is 0.669. The number of hydrogen-bond donors (Lipinski definition) is 1. The van der Waals surface area contributed by atoms with E-state index in [1.807, 2.05) is 11.8 Å². The first-order valence-electron chi connectivity index (χ1n) is 4.19. The van der Waals surface area contributed by atoms with Crippen LogP contribution in [0.1, 0.15) is 13.8 Å². The first-order chi connectivity index (χ1) is 6.09. The number of nitrogen functional groups attached to an aromatic ring is 1. The molecule has 0 bridgehead atoms. The summed E-state index contributed by atoms with van der Waals surface area (Å²) >= 11 is 7.65. The molecule has 1 aromatic heterocycles. The number of hydrogen-bond acceptors (Lipinski definition) is 3. The van der Waals surface area contributed by atoms with Gasteiger partial charge in [0, 0.05) is 11.9 Å². The van der Waals surface area contributed by atoms with Crippen LogP contribution in [-0.2, 0) is 6.54 Å². The molecule has 0 aliphatic carbocycles. The molecular weight excluding hydrogens is 206 g/mol. The average Bonchev–Trinajstić information content (AvgIpc) is 2.30. The Labute approximate surface area is 87.6 Å². The van der Waals surface area contributed by atoms with Crippen LogP contribution in [0.2, 0.25) is 5.02 Å². The fourth-order valence-corrected chi connectivity index (χ4v) is 1.82. The molecule has 0 aliphatic heterocycles. The highest BCUT2D eigenvalue weighted by atomic mass is 35.5. The highest BCUT2D eigenvalue weighted by molar-refractivity contribution is 7.99. The van der Waals surface area contributed by atoms with Crippen molar-refractivity contribution in [3.05, 3.63) is 11.2 Å². The Kier molecular flexibility index (Phi) is 3.93. The second-order valence-electron chi connectivity index (χ2n) is 3.04. The van der Waals surface area contributed by atoms with Gasteiger partial charge in [0.15, 0.2) is 5.82 Å². The van der Waals surface area contributed by atoms with Crippen molar-refractivity contribution in [2.45, 2.75) is 25.6 Å². The molecule has 1 aromatic rings. The molecule has 3 nitrogen and oxygen atoms in total. The Balaban J connectivity index is 2.37. The van der Waals surface area contributed by atoms with Crippen molar-refractivity contribution in [2.24, 2.45) is 0 Å². The SMILES string of the molecule is CC(C)SCCn1cc(Cl)c(N)n1. The molecule has 0 radical (unpaired) electrons. The molecule has 0 aromatic carbocycles. The minimum absolute atomic E-state index is 0.413. The maximum absolute atomic E-state index is 5.76. The molecular formula is C8H14ClN3S. The Morgan fingerprint density at radius 3 is 2.85 bits per heavy atom. The summed E-state index contributed by atoms with van der Waals surface area (Å²) in [5, 5.41) is 5.25. The van der Waals surface area contributed by atoms with E-state index in [9.17, 15) is 0 Å². The minimum Gasteiger partial charge on any atom is -0.381 e. The average molecular weight is 220 g/mol. The van der Waals surface area contributed by atoms with Crippen molar-refractivity contribution in [1.82, 2.24) is 9.78 Å². The molecule has 0 saturated heterocycles. The molecule has 0 aliphatic rings. The van der Waals surface area contributed by atoms with Gasteiger partial charge in [-0.3, -0.25) is 4.68 Å². The van der Waals surface area contributed by atoms with Crippen molar-refractivity contribution >= 4 is 29.2 Å². The minimum atomic E-state index is 0.413. The molecule has 13 heavy (non-hydrogen) atoms. The summed E-state index contributed by atoms with van der Waals surface area (Å²) in [6, 6.07) is 0. The molecule has 0 amide bonds. The van der Waals surface area contributed by atoms with Gasteiger partial charge in [-0.25, -0.2) is 0 Å². The fourth-order valence-electron chi connectivity index (χ4n) is 0.908. The van der Waals surface area contributed by atoms with E-state index in [0.717, 1.165) is 12.3 Å². The zero-order valence-corrected chi connectivity index (χ0v) is 9.40. The molecule has 0 unspecified atom stereocenters. The van der Waals surface area contributed by atoms with E-state index in [1.54, 1.807) is 10.9 Å². The first-order valence-corrected chi connectivity index (χ1v) is 5.62. The third kappa shape index (κ3) is 3.48. The Morgan fingerprint density at radius 2 is 2.38 bits per heavy atom. The Hall–Kier alpha value is -0.350. The van der Waals surface area contributed by atoms with Crippen molar-refractivity contribution in [3.8, 4) is 0 Å². The fraction of sp³-hybridized carbons (Fsp3) is 0.625. The molecule has 0 atom stereocenters. The number of aromatic nitrogens is 2. The summed E-state index contributed by atoms with van der Waals surface area (Å²) in [5.41, 5.74) is 5.50. The van der Waals surface area contributed by atoms with E-state index in [4.69, 9.17) is 17.3 Å². The molecule has 74 valence electrons. The third-order valence-electron chi connectivity index (χ3n) is 1.51. The zero-order chi connectivity index (χ0) is 9.84. The van der Waals surface area contributed by atoms with Crippen LogP contribution in [0.25, 0.3) is 0 Å². The Morgan fingerprint density at radius 1 is 1.69 bits per heavy atom. The molecule has 5 heteroatoms. The second-order valence-corrected chi connectivity index (χ2v) is 5.14. The summed E-state index contributed by atoms with van der Waals surface area (Å²) in [4.78, 5) is 0. The summed E-state index contributed by atoms with van der Waals surface area (Å²) in [5.74, 6) is 1.45. The van der Waals surface area contributed by atoms with Gasteiger partial charge in [0.1, 0.15) is 5.02 Å². The summed E-state index contributed by atoms with van der Waals surface area (Å²) in [7, 11) is 0. The van der Waals surface area contributed by atoms with Crippen LogP contribution in [-0.4, -0.2) is 20.8 Å². The zero-order valence-electron chi connectivity index (χ0n) is 7.83. The molecule has 1 rings (SSSR count). The van der Waals surface area contributed by atoms with Gasteiger partial charge in [0.05, 0.1) is 6.54 Å². The van der Waals surface area contributed by atoms with Gasteiger partial charge in [0.25, 0.3) is 0 Å². The maximum Gasteiger partial charge on any atom is 0.164 e. The highest BCUT2D eigenvalue weighted by Crippen LogP contribution is 2.16. The Bertz CT molecular complexity index is 253. The number of aryl methyl sites for hydroxylation is 1. The van der Waals surface area contributed by atoms with Gasteiger partial charge >= 0.3 is 0 Å². The van der Waals surface area contributed by atoms with E-state index in [-0.39, 0.29) is 0 Å². The number of nitrogens with zero attached hydrogens (tertiary/aromatic N) is 2. The van der Waals surface area contributed by atoms with E-state index in [1.165, 1.54) is 0 Å². The summed E-state index contributed by atoms with van der Waals surface area (Å²) in [6.07, 6.45) is 1.76. The number of thioether (sulfide) groups is 1. The van der Waals surface area contributed by atoms with Crippen molar-refractivity contribution in [1.29, 1.82) is 0 Å². The topological polar surface area (TPSA) is 43.8 Å². The molecule has 0 spiro atoms. The van der Waals surface area contributed by atoms with Crippen LogP contribution in [0, 0.1) is 0 Å². The predicted octanol–water partition coefficient (Wildman–Crippen LogP) is 2.26. The smallest absolute Gasteiger partial charge is 0.164 e. The standard InChI is InChI=1S/C8H14ClN3S/c1-6(2)13-4-3-12-5-7(9)8(10)11-12/h5-6H,3-4H2,1-2H3,(H2,10,11). The lowest BCUT2D eigenvalue weighted by atomic mass is 10.6. The van der Waals surface area contributed by atoms with Gasteiger partial charge in [-0.2, -0.15) is 16.9 Å². The third-order valence-corrected chi connectivity index (χ3v) is 2.89. The van der Waals surface area contributed by atoms with Crippen LogP contribution in [0.5, 0.6) is 0 Å². The van der Waals surface area contributed by atoms with Crippen molar-refractivity contribution in [3.63, 3.8) is 0 Å². The van der Waals surface area contributed by atoms with E-state index >= 15 is 0 Å². The number of rotatable bonds is 4. The lowest BCUT2D eigenvalue weighted by Gasteiger charge is -2.03. The van der Waals surface area contributed by atoms with E-state index < -0.39 is 0 Å². The monoisotopic (exact) mass is 219 g/mol. The van der Waals surface area contributed by atoms with Gasteiger partial charge in [-0.1, -0.05) is 25.4 Å².